The number of rotatable bonds is 1. The fourth-order valence-corrected chi connectivity index (χ4v) is 3.41. The standard InChI is InChI=1S/C12H7NO2.C8H17N/c14-11-8-5-1-3-7-4-2-6-9(10(7)8)12(15)13-11;1-2-9-7-5-3-4-6-8-9/h1-6H,(H,13,14,15);2-8H2,1H3. The monoisotopic (exact) mass is 324 g/mol. The lowest BCUT2D eigenvalue weighted by Gasteiger charge is -2.15. The molecule has 2 aromatic rings. The SMILES string of the molecule is CCN1CCCCCC1.O=C1NC(=O)c2cccc3cccc1c23. The minimum Gasteiger partial charge on any atom is -0.304 e. The average molecular weight is 324 g/mol. The van der Waals surface area contributed by atoms with E-state index in [1.165, 1.54) is 45.3 Å². The number of benzene rings is 2. The van der Waals surface area contributed by atoms with Crippen LogP contribution in [0.3, 0.4) is 0 Å². The molecule has 0 unspecified atom stereocenters. The minimum absolute atomic E-state index is 0.315. The molecule has 0 bridgehead atoms. The Bertz CT molecular complexity index is 698. The summed E-state index contributed by atoms with van der Waals surface area (Å²) in [5.74, 6) is -0.631. The Morgan fingerprint density at radius 1 is 0.875 bits per heavy atom. The number of nitrogens with zero attached hydrogens (tertiary/aromatic N) is 1. The number of likely N-dealkylation sites (tertiary alicyclic amines) is 1. The largest absolute Gasteiger partial charge is 0.304 e. The highest BCUT2D eigenvalue weighted by atomic mass is 16.2. The number of hydrogen-bond donors (Lipinski definition) is 1. The molecule has 0 spiro atoms. The number of amides is 2. The van der Waals surface area contributed by atoms with Gasteiger partial charge in [-0.3, -0.25) is 14.9 Å². The van der Waals surface area contributed by atoms with E-state index in [0.717, 1.165) is 10.8 Å². The topological polar surface area (TPSA) is 49.4 Å². The van der Waals surface area contributed by atoms with Crippen LogP contribution in [0.15, 0.2) is 36.4 Å². The molecule has 1 fully saturated rings. The van der Waals surface area contributed by atoms with Crippen LogP contribution in [0.25, 0.3) is 10.8 Å². The Hall–Kier alpha value is -2.20. The Kier molecular flexibility index (Phi) is 5.26. The lowest BCUT2D eigenvalue weighted by Crippen LogP contribution is -2.34. The molecule has 2 aromatic carbocycles. The van der Waals surface area contributed by atoms with Crippen molar-refractivity contribution in [2.75, 3.05) is 19.6 Å². The van der Waals surface area contributed by atoms with Gasteiger partial charge < -0.3 is 4.90 Å². The van der Waals surface area contributed by atoms with Crippen molar-refractivity contribution in [1.82, 2.24) is 10.2 Å². The number of carbonyl (C=O) groups is 2. The van der Waals surface area contributed by atoms with E-state index in [1.54, 1.807) is 12.1 Å². The number of imide groups is 1. The lowest BCUT2D eigenvalue weighted by atomic mass is 9.95. The number of nitrogens with one attached hydrogen (secondary N) is 1. The van der Waals surface area contributed by atoms with Crippen molar-refractivity contribution in [2.45, 2.75) is 32.6 Å². The molecule has 0 aromatic heterocycles. The Morgan fingerprint density at radius 2 is 1.42 bits per heavy atom. The van der Waals surface area contributed by atoms with Crippen LogP contribution in [-0.2, 0) is 0 Å². The summed E-state index contributed by atoms with van der Waals surface area (Å²) < 4.78 is 0. The van der Waals surface area contributed by atoms with E-state index >= 15 is 0 Å². The number of hydrogen-bond acceptors (Lipinski definition) is 3. The molecule has 4 rings (SSSR count). The van der Waals surface area contributed by atoms with E-state index in [2.05, 4.69) is 17.1 Å². The first kappa shape index (κ1) is 16.7. The molecule has 2 aliphatic rings. The van der Waals surface area contributed by atoms with E-state index in [9.17, 15) is 9.59 Å². The third-order valence-electron chi connectivity index (χ3n) is 4.77. The van der Waals surface area contributed by atoms with Crippen LogP contribution in [-0.4, -0.2) is 36.3 Å². The van der Waals surface area contributed by atoms with Crippen molar-refractivity contribution in [3.63, 3.8) is 0 Å². The molecule has 126 valence electrons. The summed E-state index contributed by atoms with van der Waals surface area (Å²) in [6.45, 7) is 6.19. The van der Waals surface area contributed by atoms with Gasteiger partial charge in [0.2, 0.25) is 0 Å². The van der Waals surface area contributed by atoms with Crippen LogP contribution < -0.4 is 5.32 Å². The molecule has 0 aliphatic carbocycles. The first-order valence-electron chi connectivity index (χ1n) is 8.80. The second-order valence-electron chi connectivity index (χ2n) is 6.34. The van der Waals surface area contributed by atoms with Crippen LogP contribution in [0.1, 0.15) is 53.3 Å². The van der Waals surface area contributed by atoms with Gasteiger partial charge in [-0.1, -0.05) is 44.0 Å². The van der Waals surface area contributed by atoms with E-state index in [-0.39, 0.29) is 11.8 Å². The first-order chi connectivity index (χ1) is 11.7. The van der Waals surface area contributed by atoms with Gasteiger partial charge in [0, 0.05) is 16.5 Å². The fourth-order valence-electron chi connectivity index (χ4n) is 3.41. The molecule has 4 nitrogen and oxygen atoms in total. The smallest absolute Gasteiger partial charge is 0.258 e. The van der Waals surface area contributed by atoms with Crippen molar-refractivity contribution < 1.29 is 9.59 Å². The van der Waals surface area contributed by atoms with Crippen molar-refractivity contribution in [3.8, 4) is 0 Å². The van der Waals surface area contributed by atoms with Crippen molar-refractivity contribution in [1.29, 1.82) is 0 Å². The first-order valence-corrected chi connectivity index (χ1v) is 8.80. The third kappa shape index (κ3) is 3.49. The maximum absolute atomic E-state index is 11.6. The van der Waals surface area contributed by atoms with Gasteiger partial charge in [-0.25, -0.2) is 0 Å². The van der Waals surface area contributed by atoms with E-state index < -0.39 is 0 Å². The lowest BCUT2D eigenvalue weighted by molar-refractivity contribution is 0.0845. The minimum atomic E-state index is -0.315. The average Bonchev–Trinajstić information content (AvgIpc) is 2.89. The van der Waals surface area contributed by atoms with Crippen LogP contribution in [0.2, 0.25) is 0 Å². The molecule has 2 amide bonds. The maximum atomic E-state index is 11.6. The predicted molar refractivity (Wildman–Crippen MR) is 96.3 cm³/mol. The summed E-state index contributed by atoms with van der Waals surface area (Å²) in [5.41, 5.74) is 1.14. The molecule has 0 saturated carbocycles. The van der Waals surface area contributed by atoms with Gasteiger partial charge in [0.1, 0.15) is 0 Å². The summed E-state index contributed by atoms with van der Waals surface area (Å²) >= 11 is 0. The zero-order chi connectivity index (χ0) is 16.9. The Labute approximate surface area is 142 Å². The van der Waals surface area contributed by atoms with Crippen LogP contribution >= 0.6 is 0 Å². The second kappa shape index (κ2) is 7.58. The van der Waals surface area contributed by atoms with Gasteiger partial charge in [-0.05, 0) is 50.0 Å². The summed E-state index contributed by atoms with van der Waals surface area (Å²) in [7, 11) is 0. The fraction of sp³-hybridized carbons (Fsp3) is 0.400. The molecular formula is C20H24N2O2. The van der Waals surface area contributed by atoms with Gasteiger partial charge >= 0.3 is 0 Å². The van der Waals surface area contributed by atoms with Gasteiger partial charge in [0.25, 0.3) is 11.8 Å². The van der Waals surface area contributed by atoms with Gasteiger partial charge in [0.15, 0.2) is 0 Å². The van der Waals surface area contributed by atoms with Gasteiger partial charge in [-0.15, -0.1) is 0 Å². The molecule has 4 heteroatoms. The highest BCUT2D eigenvalue weighted by Gasteiger charge is 2.23. The quantitative estimate of drug-likeness (QED) is 0.815. The molecular weight excluding hydrogens is 300 g/mol. The summed E-state index contributed by atoms with van der Waals surface area (Å²) in [6.07, 6.45) is 5.76. The van der Waals surface area contributed by atoms with Crippen molar-refractivity contribution in [2.24, 2.45) is 0 Å². The van der Waals surface area contributed by atoms with E-state index in [0.29, 0.717) is 11.1 Å². The second-order valence-corrected chi connectivity index (χ2v) is 6.34. The normalized spacial score (nSPS) is 17.7. The van der Waals surface area contributed by atoms with Gasteiger partial charge in [-0.2, -0.15) is 0 Å². The van der Waals surface area contributed by atoms with Crippen LogP contribution in [0, 0.1) is 0 Å². The highest BCUT2D eigenvalue weighted by Crippen LogP contribution is 2.25. The van der Waals surface area contributed by atoms with Crippen molar-refractivity contribution >= 4 is 22.6 Å². The third-order valence-corrected chi connectivity index (χ3v) is 4.77. The van der Waals surface area contributed by atoms with E-state index in [1.807, 2.05) is 24.3 Å². The summed E-state index contributed by atoms with van der Waals surface area (Å²) in [5, 5.41) is 4.00. The summed E-state index contributed by atoms with van der Waals surface area (Å²) in [6, 6.07) is 10.9. The molecule has 0 radical (unpaired) electrons. The van der Waals surface area contributed by atoms with E-state index in [4.69, 9.17) is 0 Å². The predicted octanol–water partition coefficient (Wildman–Crippen LogP) is 3.61. The maximum Gasteiger partial charge on any atom is 0.258 e. The molecule has 24 heavy (non-hydrogen) atoms. The zero-order valence-electron chi connectivity index (χ0n) is 14.2. The summed E-state index contributed by atoms with van der Waals surface area (Å²) in [4.78, 5) is 25.6. The molecule has 1 saturated heterocycles. The molecule has 2 aliphatic heterocycles. The Morgan fingerprint density at radius 3 is 1.92 bits per heavy atom. The number of carbonyl (C=O) groups excluding carboxylic acids is 2. The van der Waals surface area contributed by atoms with Crippen molar-refractivity contribution in [3.05, 3.63) is 47.5 Å². The van der Waals surface area contributed by atoms with Crippen LogP contribution in [0.4, 0.5) is 0 Å². The highest BCUT2D eigenvalue weighted by molar-refractivity contribution is 6.25. The van der Waals surface area contributed by atoms with Crippen LogP contribution in [0.5, 0.6) is 0 Å². The zero-order valence-corrected chi connectivity index (χ0v) is 14.2. The molecule has 0 atom stereocenters. The molecule has 2 heterocycles. The molecule has 1 N–H and O–H groups in total. The Balaban J connectivity index is 0.000000162. The van der Waals surface area contributed by atoms with Gasteiger partial charge in [0.05, 0.1) is 0 Å².